The van der Waals surface area contributed by atoms with E-state index in [4.69, 9.17) is 0 Å². The van der Waals surface area contributed by atoms with Crippen LogP contribution in [-0.4, -0.2) is 10.8 Å². The zero-order chi connectivity index (χ0) is 15.0. The second-order valence-electron chi connectivity index (χ2n) is 4.78. The van der Waals surface area contributed by atoms with Crippen LogP contribution in [0.1, 0.15) is 21.6 Å². The van der Waals surface area contributed by atoms with Crippen molar-refractivity contribution < 1.29 is 13.6 Å². The third kappa shape index (κ3) is 2.40. The molecule has 0 N–H and O–H groups in total. The third-order valence-electron chi connectivity index (χ3n) is 3.26. The largest absolute Gasteiger partial charge is 0.288 e. The number of ketones is 1. The molecule has 0 aliphatic heterocycles. The number of hydrogen-bond acceptors (Lipinski definition) is 2. The Morgan fingerprint density at radius 3 is 2.57 bits per heavy atom. The van der Waals surface area contributed by atoms with Gasteiger partial charge in [0.1, 0.15) is 11.6 Å². The molecule has 0 aliphatic carbocycles. The van der Waals surface area contributed by atoms with Crippen molar-refractivity contribution in [1.82, 2.24) is 4.98 Å². The zero-order valence-electron chi connectivity index (χ0n) is 11.2. The minimum absolute atomic E-state index is 0.272. The number of aromatic nitrogens is 1. The van der Waals surface area contributed by atoms with Crippen molar-refractivity contribution in [1.29, 1.82) is 0 Å². The van der Waals surface area contributed by atoms with E-state index in [1.807, 2.05) is 6.07 Å². The number of para-hydroxylation sites is 1. The van der Waals surface area contributed by atoms with Crippen LogP contribution >= 0.6 is 0 Å². The van der Waals surface area contributed by atoms with Crippen molar-refractivity contribution in [3.05, 3.63) is 77.0 Å². The van der Waals surface area contributed by atoms with Crippen LogP contribution in [0.4, 0.5) is 8.78 Å². The molecule has 0 aliphatic rings. The number of aryl methyl sites for hydroxylation is 1. The summed E-state index contributed by atoms with van der Waals surface area (Å²) in [6, 6.07) is 11.6. The topological polar surface area (TPSA) is 30.0 Å². The van der Waals surface area contributed by atoms with E-state index in [0.717, 1.165) is 18.2 Å². The highest BCUT2D eigenvalue weighted by atomic mass is 19.1. The molecule has 0 atom stereocenters. The van der Waals surface area contributed by atoms with E-state index in [2.05, 4.69) is 4.98 Å². The maximum atomic E-state index is 13.8. The molecule has 104 valence electrons. The van der Waals surface area contributed by atoms with Crippen molar-refractivity contribution in [2.75, 3.05) is 0 Å². The summed E-state index contributed by atoms with van der Waals surface area (Å²) in [5, 5.41) is 0.622. The van der Waals surface area contributed by atoms with Gasteiger partial charge in [-0.2, -0.15) is 0 Å². The Hall–Kier alpha value is -2.62. The molecule has 1 aromatic heterocycles. The van der Waals surface area contributed by atoms with E-state index in [-0.39, 0.29) is 5.56 Å². The van der Waals surface area contributed by atoms with Gasteiger partial charge in [-0.15, -0.1) is 0 Å². The molecule has 0 fully saturated rings. The lowest BCUT2D eigenvalue weighted by molar-refractivity contribution is 0.103. The van der Waals surface area contributed by atoms with E-state index in [1.54, 1.807) is 31.2 Å². The lowest BCUT2D eigenvalue weighted by Gasteiger charge is -2.08. The van der Waals surface area contributed by atoms with E-state index in [0.29, 0.717) is 22.2 Å². The summed E-state index contributed by atoms with van der Waals surface area (Å²) < 4.78 is 27.1. The normalized spacial score (nSPS) is 10.8. The highest BCUT2D eigenvalue weighted by molar-refractivity contribution is 6.16. The van der Waals surface area contributed by atoms with Crippen LogP contribution in [0.5, 0.6) is 0 Å². The summed E-state index contributed by atoms with van der Waals surface area (Å²) in [5.74, 6) is -1.93. The highest BCUT2D eigenvalue weighted by Gasteiger charge is 2.18. The number of pyridine rings is 1. The summed E-state index contributed by atoms with van der Waals surface area (Å²) >= 11 is 0. The quantitative estimate of drug-likeness (QED) is 0.664. The Morgan fingerprint density at radius 1 is 1.00 bits per heavy atom. The van der Waals surface area contributed by atoms with Crippen LogP contribution in [0.25, 0.3) is 10.9 Å². The van der Waals surface area contributed by atoms with Crippen LogP contribution in [0.15, 0.2) is 48.5 Å². The fraction of sp³-hybridized carbons (Fsp3) is 0.0588. The van der Waals surface area contributed by atoms with Gasteiger partial charge in [-0.25, -0.2) is 8.78 Å². The fourth-order valence-electron chi connectivity index (χ4n) is 2.31. The molecule has 0 saturated heterocycles. The predicted molar refractivity (Wildman–Crippen MR) is 76.3 cm³/mol. The molecule has 1 heterocycles. The van der Waals surface area contributed by atoms with Crippen LogP contribution in [-0.2, 0) is 0 Å². The smallest absolute Gasteiger partial charge is 0.196 e. The first-order valence-corrected chi connectivity index (χ1v) is 6.42. The molecule has 4 heteroatoms. The van der Waals surface area contributed by atoms with E-state index in [1.165, 1.54) is 0 Å². The monoisotopic (exact) mass is 283 g/mol. The molecule has 0 radical (unpaired) electrons. The van der Waals surface area contributed by atoms with E-state index in [9.17, 15) is 13.6 Å². The first-order valence-electron chi connectivity index (χ1n) is 6.42. The first-order chi connectivity index (χ1) is 10.1. The molecule has 0 unspecified atom stereocenters. The molecule has 3 aromatic rings. The van der Waals surface area contributed by atoms with Crippen LogP contribution in [0.3, 0.4) is 0 Å². The third-order valence-corrected chi connectivity index (χ3v) is 3.26. The van der Waals surface area contributed by atoms with Crippen LogP contribution in [0.2, 0.25) is 0 Å². The predicted octanol–water partition coefficient (Wildman–Crippen LogP) is 4.05. The van der Waals surface area contributed by atoms with Gasteiger partial charge in [0.15, 0.2) is 5.78 Å². The number of nitrogens with zero attached hydrogens (tertiary/aromatic N) is 1. The minimum Gasteiger partial charge on any atom is -0.288 e. The average Bonchev–Trinajstić information content (AvgIpc) is 2.48. The molecule has 0 bridgehead atoms. The summed E-state index contributed by atoms with van der Waals surface area (Å²) in [4.78, 5) is 16.9. The van der Waals surface area contributed by atoms with Gasteiger partial charge in [0.25, 0.3) is 0 Å². The first kappa shape index (κ1) is 13.4. The SMILES string of the molecule is Cc1cc(C(=O)c2cc(F)ccc2F)c2ccccc2n1. The number of carbonyl (C=O) groups is 1. The fourth-order valence-corrected chi connectivity index (χ4v) is 2.31. The Balaban J connectivity index is 2.24. The Morgan fingerprint density at radius 2 is 1.76 bits per heavy atom. The van der Waals surface area contributed by atoms with Gasteiger partial charge >= 0.3 is 0 Å². The standard InChI is InChI=1S/C17H11F2NO/c1-10-8-13(12-4-2-3-5-16(12)20-10)17(21)14-9-11(18)6-7-15(14)19/h2-9H,1H3. The summed E-state index contributed by atoms with van der Waals surface area (Å²) in [7, 11) is 0. The maximum Gasteiger partial charge on any atom is 0.196 e. The number of hydrogen-bond donors (Lipinski definition) is 0. The second-order valence-corrected chi connectivity index (χ2v) is 4.78. The number of halogens is 2. The summed E-state index contributed by atoms with van der Waals surface area (Å²) in [6.45, 7) is 1.76. The van der Waals surface area contributed by atoms with Crippen molar-refractivity contribution in [3.8, 4) is 0 Å². The Bertz CT molecular complexity index is 859. The van der Waals surface area contributed by atoms with Gasteiger partial charge in [-0.1, -0.05) is 18.2 Å². The number of carbonyl (C=O) groups excluding carboxylic acids is 1. The molecule has 2 aromatic carbocycles. The minimum atomic E-state index is -0.736. The molecule has 0 spiro atoms. The molecule has 2 nitrogen and oxygen atoms in total. The molecule has 3 rings (SSSR count). The second kappa shape index (κ2) is 5.05. The molecule has 0 saturated carbocycles. The van der Waals surface area contributed by atoms with Crippen molar-refractivity contribution in [2.45, 2.75) is 6.92 Å². The van der Waals surface area contributed by atoms with Gasteiger partial charge < -0.3 is 0 Å². The van der Waals surface area contributed by atoms with Crippen LogP contribution < -0.4 is 0 Å². The molecular formula is C17H11F2NO. The van der Waals surface area contributed by atoms with Crippen molar-refractivity contribution in [2.24, 2.45) is 0 Å². The van der Waals surface area contributed by atoms with Crippen molar-refractivity contribution in [3.63, 3.8) is 0 Å². The number of fused-ring (bicyclic) bond motifs is 1. The summed E-state index contributed by atoms with van der Waals surface area (Å²) in [5.41, 5.74) is 1.35. The van der Waals surface area contributed by atoms with Gasteiger partial charge in [-0.3, -0.25) is 9.78 Å². The number of benzene rings is 2. The van der Waals surface area contributed by atoms with Gasteiger partial charge in [0.2, 0.25) is 0 Å². The maximum absolute atomic E-state index is 13.8. The Labute approximate surface area is 120 Å². The molecule has 0 amide bonds. The average molecular weight is 283 g/mol. The van der Waals surface area contributed by atoms with Crippen molar-refractivity contribution >= 4 is 16.7 Å². The molecular weight excluding hydrogens is 272 g/mol. The highest BCUT2D eigenvalue weighted by Crippen LogP contribution is 2.22. The van der Waals surface area contributed by atoms with Gasteiger partial charge in [0, 0.05) is 16.6 Å². The van der Waals surface area contributed by atoms with E-state index >= 15 is 0 Å². The summed E-state index contributed by atoms with van der Waals surface area (Å²) in [6.07, 6.45) is 0. The van der Waals surface area contributed by atoms with Crippen LogP contribution in [0, 0.1) is 18.6 Å². The molecule has 21 heavy (non-hydrogen) atoms. The Kier molecular flexibility index (Phi) is 3.22. The zero-order valence-corrected chi connectivity index (χ0v) is 11.2. The van der Waals surface area contributed by atoms with Gasteiger partial charge in [0.05, 0.1) is 11.1 Å². The lowest BCUT2D eigenvalue weighted by atomic mass is 9.98. The van der Waals surface area contributed by atoms with E-state index < -0.39 is 17.4 Å². The lowest BCUT2D eigenvalue weighted by Crippen LogP contribution is -2.07. The number of rotatable bonds is 2. The van der Waals surface area contributed by atoms with Gasteiger partial charge in [-0.05, 0) is 37.3 Å².